The lowest BCUT2D eigenvalue weighted by atomic mass is 10.1. The number of aldehydes is 1. The second-order valence-corrected chi connectivity index (χ2v) is 7.82. The van der Waals surface area contributed by atoms with Gasteiger partial charge in [-0.3, -0.25) is 9.59 Å². The van der Waals surface area contributed by atoms with Crippen molar-refractivity contribution < 1.29 is 14.0 Å². The monoisotopic (exact) mass is 480 g/mol. The fourth-order valence-electron chi connectivity index (χ4n) is 3.55. The molecule has 0 aliphatic carbocycles. The number of carbonyl (C=O) groups is 2. The molecule has 10 heteroatoms. The number of hydrogen-bond acceptors (Lipinski definition) is 5. The van der Waals surface area contributed by atoms with E-state index in [0.717, 1.165) is 10.6 Å². The third-order valence-electron chi connectivity index (χ3n) is 5.27. The highest BCUT2D eigenvalue weighted by Gasteiger charge is 2.17. The molecular formula is C24H18ClFN4O4. The molecule has 34 heavy (non-hydrogen) atoms. The number of amides is 1. The predicted octanol–water partition coefficient (Wildman–Crippen LogP) is 3.18. The Labute approximate surface area is 197 Å². The van der Waals surface area contributed by atoms with Crippen LogP contribution in [0.5, 0.6) is 0 Å². The summed E-state index contributed by atoms with van der Waals surface area (Å²) in [6.07, 6.45) is 0.588. The van der Waals surface area contributed by atoms with Crippen LogP contribution in [0, 0.1) is 5.82 Å². The number of hydrogen-bond donors (Lipinski definition) is 3. The molecule has 1 atom stereocenters. The van der Waals surface area contributed by atoms with Gasteiger partial charge in [-0.1, -0.05) is 23.7 Å². The first kappa shape index (κ1) is 22.9. The number of halogens is 2. The van der Waals surface area contributed by atoms with Crippen LogP contribution in [0.2, 0.25) is 5.02 Å². The molecular weight excluding hydrogens is 463 g/mol. The molecule has 0 aliphatic heterocycles. The van der Waals surface area contributed by atoms with Gasteiger partial charge in [0, 0.05) is 17.6 Å². The van der Waals surface area contributed by atoms with Gasteiger partial charge >= 0.3 is 5.69 Å². The van der Waals surface area contributed by atoms with E-state index in [9.17, 15) is 23.6 Å². The molecule has 0 radical (unpaired) electrons. The van der Waals surface area contributed by atoms with Gasteiger partial charge in [0.2, 0.25) is 0 Å². The van der Waals surface area contributed by atoms with E-state index < -0.39 is 29.0 Å². The minimum atomic E-state index is -0.908. The van der Waals surface area contributed by atoms with E-state index in [1.54, 1.807) is 24.3 Å². The number of rotatable bonds is 6. The molecule has 172 valence electrons. The summed E-state index contributed by atoms with van der Waals surface area (Å²) in [7, 11) is 1.52. The van der Waals surface area contributed by atoms with Crippen molar-refractivity contribution in [1.82, 2.24) is 14.9 Å². The summed E-state index contributed by atoms with van der Waals surface area (Å²) < 4.78 is 15.0. The quantitative estimate of drug-likeness (QED) is 0.367. The van der Waals surface area contributed by atoms with Crippen LogP contribution in [0.1, 0.15) is 22.0 Å². The van der Waals surface area contributed by atoms with Gasteiger partial charge in [0.1, 0.15) is 18.1 Å². The Balaban J connectivity index is 1.65. The number of aromatic nitrogens is 2. The van der Waals surface area contributed by atoms with Crippen molar-refractivity contribution in [2.75, 3.05) is 12.4 Å². The zero-order valence-corrected chi connectivity index (χ0v) is 18.5. The van der Waals surface area contributed by atoms with Gasteiger partial charge in [0.25, 0.3) is 11.5 Å². The van der Waals surface area contributed by atoms with Crippen LogP contribution in [-0.4, -0.2) is 28.8 Å². The Morgan fingerprint density at radius 3 is 2.50 bits per heavy atom. The number of nitrogens with zero attached hydrogens (tertiary/aromatic N) is 1. The average molecular weight is 481 g/mol. The van der Waals surface area contributed by atoms with Crippen LogP contribution in [0.3, 0.4) is 0 Å². The van der Waals surface area contributed by atoms with Crippen molar-refractivity contribution in [3.05, 3.63) is 103 Å². The minimum absolute atomic E-state index is 0.00623. The maximum Gasteiger partial charge on any atom is 0.333 e. The molecule has 4 aromatic rings. The lowest BCUT2D eigenvalue weighted by molar-refractivity contribution is -0.109. The molecule has 4 rings (SSSR count). The molecule has 0 bridgehead atoms. The number of anilines is 1. The molecule has 1 amide bonds. The molecule has 0 saturated carbocycles. The minimum Gasteiger partial charge on any atom is -0.386 e. The maximum atomic E-state index is 14.2. The van der Waals surface area contributed by atoms with Crippen LogP contribution in [0.15, 0.2) is 70.3 Å². The molecule has 1 unspecified atom stereocenters. The molecule has 8 nitrogen and oxygen atoms in total. The second kappa shape index (κ2) is 9.32. The van der Waals surface area contributed by atoms with Crippen LogP contribution >= 0.6 is 11.6 Å². The largest absolute Gasteiger partial charge is 0.386 e. The zero-order valence-electron chi connectivity index (χ0n) is 17.8. The van der Waals surface area contributed by atoms with Gasteiger partial charge in [0.05, 0.1) is 22.3 Å². The van der Waals surface area contributed by atoms with E-state index in [4.69, 9.17) is 11.6 Å². The summed E-state index contributed by atoms with van der Waals surface area (Å²) in [5.74, 6) is -1.17. The molecule has 0 fully saturated rings. The van der Waals surface area contributed by atoms with Crippen molar-refractivity contribution >= 4 is 40.4 Å². The Morgan fingerprint density at radius 1 is 1.12 bits per heavy atom. The third kappa shape index (κ3) is 4.33. The smallest absolute Gasteiger partial charge is 0.333 e. The number of aromatic amines is 1. The first-order valence-electron chi connectivity index (χ1n) is 10.1. The van der Waals surface area contributed by atoms with E-state index in [1.807, 2.05) is 0 Å². The molecule has 0 aliphatic rings. The maximum absolute atomic E-state index is 14.2. The van der Waals surface area contributed by atoms with E-state index in [0.29, 0.717) is 16.9 Å². The number of benzene rings is 3. The lowest BCUT2D eigenvalue weighted by Crippen LogP contribution is -2.34. The normalized spacial score (nSPS) is 11.7. The van der Waals surface area contributed by atoms with Crippen LogP contribution < -0.4 is 21.9 Å². The van der Waals surface area contributed by atoms with E-state index in [2.05, 4.69) is 15.6 Å². The van der Waals surface area contributed by atoms with Gasteiger partial charge in [-0.2, -0.15) is 0 Å². The Bertz CT molecular complexity index is 1530. The standard InChI is InChI=1S/C24H18ClFN4O4/c1-27-20-11-19-17(10-18(20)26)23(33)30(24(34)29-19)16-7-5-13(6-8-16)22(32)28-21(12-31)14-3-2-4-15(25)9-14/h2-12,21,27H,1H3,(H,28,32)(H,29,34). The van der Waals surface area contributed by atoms with Crippen molar-refractivity contribution in [2.24, 2.45) is 0 Å². The highest BCUT2D eigenvalue weighted by Crippen LogP contribution is 2.19. The molecule has 1 heterocycles. The SMILES string of the molecule is CNc1cc2[nH]c(=O)n(-c3ccc(C(=O)NC(C=O)c4cccc(Cl)c4)cc3)c(=O)c2cc1F. The fourth-order valence-corrected chi connectivity index (χ4v) is 3.74. The van der Waals surface area contributed by atoms with Gasteiger partial charge < -0.3 is 20.4 Å². The van der Waals surface area contributed by atoms with Gasteiger partial charge in [-0.15, -0.1) is 0 Å². The number of nitrogens with one attached hydrogen (secondary N) is 3. The summed E-state index contributed by atoms with van der Waals surface area (Å²) in [5, 5.41) is 5.67. The molecule has 3 aromatic carbocycles. The van der Waals surface area contributed by atoms with Gasteiger partial charge in [0.15, 0.2) is 0 Å². The topological polar surface area (TPSA) is 113 Å². The molecule has 0 saturated heterocycles. The highest BCUT2D eigenvalue weighted by molar-refractivity contribution is 6.30. The predicted molar refractivity (Wildman–Crippen MR) is 127 cm³/mol. The first-order valence-corrected chi connectivity index (χ1v) is 10.5. The number of H-pyrrole nitrogens is 1. The summed E-state index contributed by atoms with van der Waals surface area (Å²) in [6, 6.07) is 13.7. The third-order valence-corrected chi connectivity index (χ3v) is 5.51. The summed E-state index contributed by atoms with van der Waals surface area (Å²) >= 11 is 5.95. The van der Waals surface area contributed by atoms with Crippen molar-refractivity contribution in [2.45, 2.75) is 6.04 Å². The summed E-state index contributed by atoms with van der Waals surface area (Å²) in [6.45, 7) is 0. The Kier molecular flexibility index (Phi) is 6.29. The van der Waals surface area contributed by atoms with Crippen LogP contribution in [0.25, 0.3) is 16.6 Å². The van der Waals surface area contributed by atoms with Crippen molar-refractivity contribution in [3.63, 3.8) is 0 Å². The number of fused-ring (bicyclic) bond motifs is 1. The van der Waals surface area contributed by atoms with Crippen molar-refractivity contribution in [1.29, 1.82) is 0 Å². The van der Waals surface area contributed by atoms with E-state index in [-0.39, 0.29) is 27.8 Å². The average Bonchev–Trinajstić information content (AvgIpc) is 2.83. The van der Waals surface area contributed by atoms with Gasteiger partial charge in [-0.25, -0.2) is 13.8 Å². The molecule has 0 spiro atoms. The Hall–Kier alpha value is -4.24. The fraction of sp³-hybridized carbons (Fsp3) is 0.0833. The summed E-state index contributed by atoms with van der Waals surface area (Å²) in [4.78, 5) is 52.2. The number of carbonyl (C=O) groups excluding carboxylic acids is 2. The first-order chi connectivity index (χ1) is 16.3. The van der Waals surface area contributed by atoms with Crippen LogP contribution in [0.4, 0.5) is 10.1 Å². The zero-order chi connectivity index (χ0) is 24.4. The van der Waals surface area contributed by atoms with Crippen LogP contribution in [-0.2, 0) is 4.79 Å². The molecule has 3 N–H and O–H groups in total. The highest BCUT2D eigenvalue weighted by atomic mass is 35.5. The lowest BCUT2D eigenvalue weighted by Gasteiger charge is -2.14. The second-order valence-electron chi connectivity index (χ2n) is 7.39. The van der Waals surface area contributed by atoms with E-state index in [1.165, 1.54) is 37.4 Å². The molecule has 1 aromatic heterocycles. The Morgan fingerprint density at radius 2 is 1.85 bits per heavy atom. The summed E-state index contributed by atoms with van der Waals surface area (Å²) in [5.41, 5.74) is -0.187. The van der Waals surface area contributed by atoms with Crippen molar-refractivity contribution in [3.8, 4) is 5.69 Å². The van der Waals surface area contributed by atoms with Gasteiger partial charge in [-0.05, 0) is 54.1 Å². The van der Waals surface area contributed by atoms with E-state index >= 15 is 0 Å².